The smallest absolute Gasteiger partial charge is 0.191 e. The highest BCUT2D eigenvalue weighted by Crippen LogP contribution is 2.16. The first kappa shape index (κ1) is 17.0. The molecule has 0 fully saturated rings. The van der Waals surface area contributed by atoms with Crippen LogP contribution in [0.5, 0.6) is 0 Å². The van der Waals surface area contributed by atoms with Gasteiger partial charge in [0.15, 0.2) is 5.96 Å². The van der Waals surface area contributed by atoms with Crippen LogP contribution in [0.15, 0.2) is 23.3 Å². The molecule has 1 atom stereocenters. The summed E-state index contributed by atoms with van der Waals surface area (Å²) >= 11 is 3.56. The Labute approximate surface area is 140 Å². The molecule has 2 rings (SSSR count). The molecule has 0 bridgehead atoms. The van der Waals surface area contributed by atoms with Crippen molar-refractivity contribution >= 4 is 28.6 Å². The van der Waals surface area contributed by atoms with Crippen LogP contribution in [0.1, 0.15) is 33.5 Å². The fourth-order valence-electron chi connectivity index (χ4n) is 2.12. The molecule has 0 aliphatic heterocycles. The van der Waals surface area contributed by atoms with E-state index in [-0.39, 0.29) is 0 Å². The summed E-state index contributed by atoms with van der Waals surface area (Å²) < 4.78 is 0. The Hall–Kier alpha value is -1.40. The molecule has 2 aromatic rings. The molecule has 4 nitrogen and oxygen atoms in total. The minimum Gasteiger partial charge on any atom is -0.357 e. The Morgan fingerprint density at radius 1 is 1.27 bits per heavy atom. The molecule has 0 radical (unpaired) electrons. The Morgan fingerprint density at radius 3 is 2.68 bits per heavy atom. The number of guanidine groups is 1. The zero-order chi connectivity index (χ0) is 15.9. The van der Waals surface area contributed by atoms with Crippen LogP contribution in [0, 0.1) is 13.8 Å². The fourth-order valence-corrected chi connectivity index (χ4v) is 3.85. The maximum absolute atomic E-state index is 4.63. The molecule has 2 aromatic heterocycles. The van der Waals surface area contributed by atoms with Crippen molar-refractivity contribution in [2.75, 3.05) is 6.54 Å². The highest BCUT2D eigenvalue weighted by atomic mass is 32.1. The molecule has 6 heteroatoms. The number of hydrogen-bond acceptors (Lipinski definition) is 4. The van der Waals surface area contributed by atoms with Crippen molar-refractivity contribution in [2.45, 2.75) is 46.7 Å². The lowest BCUT2D eigenvalue weighted by atomic mass is 10.2. The second-order valence-electron chi connectivity index (χ2n) is 5.32. The molecular weight excluding hydrogens is 312 g/mol. The van der Waals surface area contributed by atoms with Gasteiger partial charge in [-0.1, -0.05) is 0 Å². The number of aromatic nitrogens is 1. The van der Waals surface area contributed by atoms with Gasteiger partial charge < -0.3 is 10.6 Å². The first-order valence-corrected chi connectivity index (χ1v) is 9.21. The monoisotopic (exact) mass is 336 g/mol. The van der Waals surface area contributed by atoms with Crippen LogP contribution in [0.3, 0.4) is 0 Å². The van der Waals surface area contributed by atoms with E-state index in [2.05, 4.69) is 60.4 Å². The van der Waals surface area contributed by atoms with Crippen LogP contribution in [0.25, 0.3) is 0 Å². The summed E-state index contributed by atoms with van der Waals surface area (Å²) in [5, 5.41) is 7.83. The van der Waals surface area contributed by atoms with Gasteiger partial charge in [0.1, 0.15) is 5.01 Å². The zero-order valence-electron chi connectivity index (χ0n) is 13.6. The molecule has 2 heterocycles. The SMILES string of the molecule is CCNC(=NCc1ncc(C)s1)NC(C)Cc1ccc(C)s1. The molecule has 0 aliphatic rings. The average molecular weight is 337 g/mol. The van der Waals surface area contributed by atoms with E-state index in [9.17, 15) is 0 Å². The lowest BCUT2D eigenvalue weighted by Crippen LogP contribution is -2.43. The normalized spacial score (nSPS) is 13.2. The summed E-state index contributed by atoms with van der Waals surface area (Å²) in [7, 11) is 0. The third-order valence-electron chi connectivity index (χ3n) is 3.07. The Kier molecular flexibility index (Phi) is 6.39. The topological polar surface area (TPSA) is 49.3 Å². The molecule has 22 heavy (non-hydrogen) atoms. The van der Waals surface area contributed by atoms with E-state index in [0.29, 0.717) is 12.6 Å². The second kappa shape index (κ2) is 8.29. The third kappa shape index (κ3) is 5.42. The van der Waals surface area contributed by atoms with Crippen LogP contribution in [-0.4, -0.2) is 23.5 Å². The van der Waals surface area contributed by atoms with Gasteiger partial charge >= 0.3 is 0 Å². The number of thiophene rings is 1. The van der Waals surface area contributed by atoms with Gasteiger partial charge in [-0.05, 0) is 39.8 Å². The molecule has 0 aromatic carbocycles. The van der Waals surface area contributed by atoms with Crippen molar-refractivity contribution in [3.8, 4) is 0 Å². The average Bonchev–Trinajstić information content (AvgIpc) is 3.05. The van der Waals surface area contributed by atoms with Crippen molar-refractivity contribution in [1.82, 2.24) is 15.6 Å². The van der Waals surface area contributed by atoms with Gasteiger partial charge in [-0.3, -0.25) is 0 Å². The molecule has 0 saturated heterocycles. The minimum absolute atomic E-state index is 0.342. The zero-order valence-corrected chi connectivity index (χ0v) is 15.3. The number of aryl methyl sites for hydroxylation is 2. The molecule has 120 valence electrons. The molecule has 0 amide bonds. The van der Waals surface area contributed by atoms with Crippen LogP contribution >= 0.6 is 22.7 Å². The van der Waals surface area contributed by atoms with E-state index >= 15 is 0 Å². The number of nitrogens with one attached hydrogen (secondary N) is 2. The largest absolute Gasteiger partial charge is 0.357 e. The Morgan fingerprint density at radius 2 is 2.09 bits per heavy atom. The van der Waals surface area contributed by atoms with Gasteiger partial charge in [0, 0.05) is 39.8 Å². The number of nitrogens with zero attached hydrogens (tertiary/aromatic N) is 2. The number of aliphatic imine (C=N–C) groups is 1. The fraction of sp³-hybridized carbons (Fsp3) is 0.500. The lowest BCUT2D eigenvalue weighted by Gasteiger charge is -2.17. The van der Waals surface area contributed by atoms with E-state index in [1.807, 2.05) is 17.5 Å². The lowest BCUT2D eigenvalue weighted by molar-refractivity contribution is 0.645. The van der Waals surface area contributed by atoms with Crippen LogP contribution in [0.2, 0.25) is 0 Å². The summed E-state index contributed by atoms with van der Waals surface area (Å²) in [6.45, 7) is 9.97. The molecule has 0 aliphatic carbocycles. The predicted molar refractivity (Wildman–Crippen MR) is 97.0 cm³/mol. The summed E-state index contributed by atoms with van der Waals surface area (Å²) in [5.74, 6) is 0.858. The second-order valence-corrected chi connectivity index (χ2v) is 8.01. The molecular formula is C16H24N4S2. The van der Waals surface area contributed by atoms with Gasteiger partial charge in [-0.15, -0.1) is 22.7 Å². The maximum atomic E-state index is 4.63. The third-order valence-corrected chi connectivity index (χ3v) is 4.99. The van der Waals surface area contributed by atoms with E-state index in [0.717, 1.165) is 23.9 Å². The van der Waals surface area contributed by atoms with Crippen LogP contribution in [0.4, 0.5) is 0 Å². The number of thiazole rings is 1. The van der Waals surface area contributed by atoms with Crippen molar-refractivity contribution in [3.63, 3.8) is 0 Å². The van der Waals surface area contributed by atoms with Gasteiger partial charge in [-0.2, -0.15) is 0 Å². The molecule has 2 N–H and O–H groups in total. The van der Waals surface area contributed by atoms with Crippen molar-refractivity contribution < 1.29 is 0 Å². The molecule has 0 spiro atoms. The standard InChI is InChI=1S/C16H24N4S2/c1-5-17-16(19-10-15-18-9-13(4)22-15)20-11(2)8-14-7-6-12(3)21-14/h6-7,9,11H,5,8,10H2,1-4H3,(H2,17,19,20). The minimum atomic E-state index is 0.342. The summed E-state index contributed by atoms with van der Waals surface area (Å²) in [6, 6.07) is 4.73. The van der Waals surface area contributed by atoms with E-state index < -0.39 is 0 Å². The highest BCUT2D eigenvalue weighted by molar-refractivity contribution is 7.12. The van der Waals surface area contributed by atoms with Crippen LogP contribution < -0.4 is 10.6 Å². The summed E-state index contributed by atoms with van der Waals surface area (Å²) in [6.07, 6.45) is 2.91. The number of rotatable bonds is 6. The predicted octanol–water partition coefficient (Wildman–Crippen LogP) is 3.51. The van der Waals surface area contributed by atoms with Crippen molar-refractivity contribution in [2.24, 2.45) is 4.99 Å². The first-order valence-electron chi connectivity index (χ1n) is 7.58. The van der Waals surface area contributed by atoms with E-state index in [4.69, 9.17) is 0 Å². The van der Waals surface area contributed by atoms with Gasteiger partial charge in [0.05, 0.1) is 6.54 Å². The number of hydrogen-bond donors (Lipinski definition) is 2. The van der Waals surface area contributed by atoms with E-state index in [1.165, 1.54) is 14.6 Å². The van der Waals surface area contributed by atoms with Gasteiger partial charge in [0.2, 0.25) is 0 Å². The van der Waals surface area contributed by atoms with Crippen molar-refractivity contribution in [3.05, 3.63) is 38.0 Å². The maximum Gasteiger partial charge on any atom is 0.191 e. The Balaban J connectivity index is 1.92. The highest BCUT2D eigenvalue weighted by Gasteiger charge is 2.08. The van der Waals surface area contributed by atoms with Gasteiger partial charge in [-0.25, -0.2) is 9.98 Å². The van der Waals surface area contributed by atoms with Gasteiger partial charge in [0.25, 0.3) is 0 Å². The first-order chi connectivity index (χ1) is 10.6. The summed E-state index contributed by atoms with van der Waals surface area (Å²) in [4.78, 5) is 13.0. The van der Waals surface area contributed by atoms with Crippen molar-refractivity contribution in [1.29, 1.82) is 0 Å². The van der Waals surface area contributed by atoms with Crippen LogP contribution in [-0.2, 0) is 13.0 Å². The van der Waals surface area contributed by atoms with E-state index in [1.54, 1.807) is 11.3 Å². The summed E-state index contributed by atoms with van der Waals surface area (Å²) in [5.41, 5.74) is 0. The quantitative estimate of drug-likeness (QED) is 0.627. The Bertz CT molecular complexity index is 615. The molecule has 1 unspecified atom stereocenters. The molecule has 0 saturated carbocycles.